The molecule has 0 saturated carbocycles. The van der Waals surface area contributed by atoms with Crippen molar-refractivity contribution in [2.45, 2.75) is 6.42 Å². The Bertz CT molecular complexity index is 306. The van der Waals surface area contributed by atoms with Gasteiger partial charge < -0.3 is 15.9 Å². The number of nitrogens with zero attached hydrogens (tertiary/aromatic N) is 3. The number of nitrogens with two attached hydrogens (primary N) is 1. The van der Waals surface area contributed by atoms with E-state index >= 15 is 0 Å². The van der Waals surface area contributed by atoms with Crippen molar-refractivity contribution in [3.8, 4) is 0 Å². The first kappa shape index (κ1) is 11.1. The van der Waals surface area contributed by atoms with Crippen molar-refractivity contribution in [1.82, 2.24) is 15.2 Å². The summed E-state index contributed by atoms with van der Waals surface area (Å²) in [6.45, 7) is -0.273. The van der Waals surface area contributed by atoms with Crippen LogP contribution in [-0.4, -0.2) is 38.6 Å². The summed E-state index contributed by atoms with van der Waals surface area (Å²) in [5.41, 5.74) is 5.41. The lowest BCUT2D eigenvalue weighted by atomic mass is 10.1. The standard InChI is InChI=1S/C7H11ClN4O2/c8-6-7(9)10-5(11-12-6)1-4(2-13)3-14/h4,13-14H,1-3H2,(H2,9,10,11). The highest BCUT2D eigenvalue weighted by Gasteiger charge is 2.11. The number of hydrogen-bond donors (Lipinski definition) is 3. The van der Waals surface area contributed by atoms with Crippen molar-refractivity contribution < 1.29 is 10.2 Å². The van der Waals surface area contributed by atoms with E-state index in [-0.39, 0.29) is 30.1 Å². The third-order valence-electron chi connectivity index (χ3n) is 1.70. The van der Waals surface area contributed by atoms with Gasteiger partial charge in [0.25, 0.3) is 0 Å². The first-order valence-electron chi connectivity index (χ1n) is 4.03. The predicted octanol–water partition coefficient (Wildman–Crippen LogP) is -0.750. The molecule has 78 valence electrons. The molecular formula is C7H11ClN4O2. The van der Waals surface area contributed by atoms with E-state index < -0.39 is 0 Å². The van der Waals surface area contributed by atoms with Crippen LogP contribution >= 0.6 is 11.6 Å². The van der Waals surface area contributed by atoms with E-state index in [1.807, 2.05) is 0 Å². The molecule has 0 aliphatic rings. The largest absolute Gasteiger partial charge is 0.396 e. The topological polar surface area (TPSA) is 105 Å². The van der Waals surface area contributed by atoms with Crippen molar-refractivity contribution in [2.75, 3.05) is 18.9 Å². The summed E-state index contributed by atoms with van der Waals surface area (Å²) in [6, 6.07) is 0. The second-order valence-electron chi connectivity index (χ2n) is 2.84. The predicted molar refractivity (Wildman–Crippen MR) is 50.6 cm³/mol. The van der Waals surface area contributed by atoms with E-state index in [1.165, 1.54) is 0 Å². The maximum Gasteiger partial charge on any atom is 0.193 e. The third-order valence-corrected chi connectivity index (χ3v) is 1.97. The number of nitrogen functional groups attached to an aromatic ring is 1. The van der Waals surface area contributed by atoms with E-state index in [4.69, 9.17) is 27.5 Å². The van der Waals surface area contributed by atoms with Crippen LogP contribution in [0.5, 0.6) is 0 Å². The van der Waals surface area contributed by atoms with Gasteiger partial charge in [0.05, 0.1) is 0 Å². The lowest BCUT2D eigenvalue weighted by molar-refractivity contribution is 0.148. The fourth-order valence-corrected chi connectivity index (χ4v) is 0.972. The molecule has 0 fully saturated rings. The molecule has 0 bridgehead atoms. The number of rotatable bonds is 4. The second kappa shape index (κ2) is 5.04. The lowest BCUT2D eigenvalue weighted by Crippen LogP contribution is -2.16. The quantitative estimate of drug-likeness (QED) is 0.614. The van der Waals surface area contributed by atoms with E-state index in [0.717, 1.165) is 0 Å². The van der Waals surface area contributed by atoms with E-state index in [0.29, 0.717) is 12.2 Å². The monoisotopic (exact) mass is 218 g/mol. The Labute approximate surface area is 85.8 Å². The van der Waals surface area contributed by atoms with Crippen LogP contribution in [0.15, 0.2) is 0 Å². The fraction of sp³-hybridized carbons (Fsp3) is 0.571. The smallest absolute Gasteiger partial charge is 0.193 e. The molecule has 4 N–H and O–H groups in total. The van der Waals surface area contributed by atoms with Crippen LogP contribution in [0.2, 0.25) is 5.15 Å². The minimum Gasteiger partial charge on any atom is -0.396 e. The normalized spacial score (nSPS) is 10.9. The highest BCUT2D eigenvalue weighted by Crippen LogP contribution is 2.11. The number of hydrogen-bond acceptors (Lipinski definition) is 6. The molecule has 0 atom stereocenters. The van der Waals surface area contributed by atoms with Crippen LogP contribution in [0.1, 0.15) is 5.82 Å². The van der Waals surface area contributed by atoms with Crippen LogP contribution in [0.25, 0.3) is 0 Å². The summed E-state index contributed by atoms with van der Waals surface area (Å²) in [4.78, 5) is 3.86. The molecule has 0 aromatic carbocycles. The zero-order valence-electron chi connectivity index (χ0n) is 7.39. The molecule has 6 nitrogen and oxygen atoms in total. The molecule has 0 saturated heterocycles. The fourth-order valence-electron chi connectivity index (χ4n) is 0.892. The average molecular weight is 219 g/mol. The molecule has 1 aromatic rings. The zero-order valence-corrected chi connectivity index (χ0v) is 8.15. The minimum atomic E-state index is -0.294. The van der Waals surface area contributed by atoms with Crippen molar-refractivity contribution in [1.29, 1.82) is 0 Å². The Hall–Kier alpha value is -0.980. The summed E-state index contributed by atoms with van der Waals surface area (Å²) in [5.74, 6) is 0.170. The Morgan fingerprint density at radius 1 is 1.29 bits per heavy atom. The lowest BCUT2D eigenvalue weighted by Gasteiger charge is -2.08. The SMILES string of the molecule is Nc1nc(CC(CO)CO)nnc1Cl. The van der Waals surface area contributed by atoms with Crippen LogP contribution < -0.4 is 5.73 Å². The molecular weight excluding hydrogens is 208 g/mol. The summed E-state index contributed by atoms with van der Waals surface area (Å²) < 4.78 is 0. The van der Waals surface area contributed by atoms with Gasteiger partial charge in [0.15, 0.2) is 16.8 Å². The average Bonchev–Trinajstić information content (AvgIpc) is 2.19. The van der Waals surface area contributed by atoms with E-state index in [9.17, 15) is 0 Å². The van der Waals surface area contributed by atoms with Gasteiger partial charge in [-0.2, -0.15) is 0 Å². The molecule has 0 aliphatic heterocycles. The number of aromatic nitrogens is 3. The molecule has 0 amide bonds. The molecule has 0 spiro atoms. The Morgan fingerprint density at radius 2 is 1.93 bits per heavy atom. The van der Waals surface area contributed by atoms with Gasteiger partial charge in [0.2, 0.25) is 0 Å². The second-order valence-corrected chi connectivity index (χ2v) is 3.20. The summed E-state index contributed by atoms with van der Waals surface area (Å²) in [7, 11) is 0. The number of anilines is 1. The number of halogens is 1. The maximum atomic E-state index is 8.82. The molecule has 7 heteroatoms. The molecule has 0 aliphatic carbocycles. The number of aliphatic hydroxyl groups excluding tert-OH is 2. The first-order chi connectivity index (χ1) is 6.67. The first-order valence-corrected chi connectivity index (χ1v) is 4.41. The van der Waals surface area contributed by atoms with Crippen molar-refractivity contribution in [3.63, 3.8) is 0 Å². The summed E-state index contributed by atoms with van der Waals surface area (Å²) in [5, 5.41) is 24.9. The van der Waals surface area contributed by atoms with Crippen molar-refractivity contribution in [3.05, 3.63) is 11.0 Å². The van der Waals surface area contributed by atoms with Gasteiger partial charge in [-0.25, -0.2) is 4.98 Å². The van der Waals surface area contributed by atoms with Gasteiger partial charge in [-0.15, -0.1) is 10.2 Å². The summed E-state index contributed by atoms with van der Waals surface area (Å²) in [6.07, 6.45) is 0.321. The molecule has 1 heterocycles. The molecule has 1 aromatic heterocycles. The molecule has 1 rings (SSSR count). The Morgan fingerprint density at radius 3 is 2.43 bits per heavy atom. The van der Waals surface area contributed by atoms with Gasteiger partial charge in [0.1, 0.15) is 0 Å². The Balaban J connectivity index is 2.72. The van der Waals surface area contributed by atoms with Crippen molar-refractivity contribution >= 4 is 17.4 Å². The maximum absolute atomic E-state index is 8.82. The van der Waals surface area contributed by atoms with Gasteiger partial charge in [0, 0.05) is 25.6 Å². The molecule has 0 unspecified atom stereocenters. The highest BCUT2D eigenvalue weighted by molar-refractivity contribution is 6.31. The highest BCUT2D eigenvalue weighted by atomic mass is 35.5. The minimum absolute atomic E-state index is 0.0540. The summed E-state index contributed by atoms with van der Waals surface area (Å²) >= 11 is 5.53. The van der Waals surface area contributed by atoms with Crippen LogP contribution in [0.4, 0.5) is 5.82 Å². The zero-order chi connectivity index (χ0) is 10.6. The molecule has 0 radical (unpaired) electrons. The van der Waals surface area contributed by atoms with Gasteiger partial charge in [-0.05, 0) is 0 Å². The van der Waals surface area contributed by atoms with E-state index in [1.54, 1.807) is 0 Å². The van der Waals surface area contributed by atoms with Gasteiger partial charge in [-0.1, -0.05) is 11.6 Å². The third kappa shape index (κ3) is 2.76. The van der Waals surface area contributed by atoms with Gasteiger partial charge in [-0.3, -0.25) is 0 Å². The van der Waals surface area contributed by atoms with E-state index in [2.05, 4.69) is 15.2 Å². The Kier molecular flexibility index (Phi) is 3.99. The number of aliphatic hydroxyl groups is 2. The van der Waals surface area contributed by atoms with Crippen molar-refractivity contribution in [2.24, 2.45) is 5.92 Å². The molecule has 14 heavy (non-hydrogen) atoms. The van der Waals surface area contributed by atoms with Crippen LogP contribution in [0, 0.1) is 5.92 Å². The van der Waals surface area contributed by atoms with Crippen LogP contribution in [-0.2, 0) is 6.42 Å². The van der Waals surface area contributed by atoms with Crippen LogP contribution in [0.3, 0.4) is 0 Å². The van der Waals surface area contributed by atoms with Gasteiger partial charge >= 0.3 is 0 Å².